The number of likely N-dealkylation sites (N-methyl/N-ethyl adjacent to an activating group) is 1. The lowest BCUT2D eigenvalue weighted by molar-refractivity contribution is -0.137. The minimum atomic E-state index is -0.558. The van der Waals surface area contributed by atoms with Crippen molar-refractivity contribution < 1.29 is 19.1 Å². The summed E-state index contributed by atoms with van der Waals surface area (Å²) in [4.78, 5) is 37.9. The summed E-state index contributed by atoms with van der Waals surface area (Å²) in [6.07, 6.45) is 0.590. The number of carbonyl (C=O) groups excluding carboxylic acids is 3. The van der Waals surface area contributed by atoms with Crippen molar-refractivity contribution in [2.45, 2.75) is 32.7 Å². The van der Waals surface area contributed by atoms with Gasteiger partial charge in [0.25, 0.3) is 5.91 Å². The van der Waals surface area contributed by atoms with E-state index in [4.69, 9.17) is 4.74 Å². The summed E-state index contributed by atoms with van der Waals surface area (Å²) in [5.74, 6) is -1.27. The summed E-state index contributed by atoms with van der Waals surface area (Å²) in [7, 11) is 1.50. The molecule has 154 valence electrons. The summed E-state index contributed by atoms with van der Waals surface area (Å²) >= 11 is 0. The molecule has 2 aromatic rings. The lowest BCUT2D eigenvalue weighted by atomic mass is 10.00. The summed E-state index contributed by atoms with van der Waals surface area (Å²) in [6.45, 7) is 5.07. The van der Waals surface area contributed by atoms with Crippen molar-refractivity contribution in [3.05, 3.63) is 71.3 Å². The molecule has 0 aromatic heterocycles. The molecule has 6 nitrogen and oxygen atoms in total. The Hall–Kier alpha value is -3.15. The highest BCUT2D eigenvalue weighted by Crippen LogP contribution is 2.15. The van der Waals surface area contributed by atoms with Gasteiger partial charge in [-0.05, 0) is 44.4 Å². The molecule has 0 heterocycles. The standard InChI is InChI=1S/C23H28N2O4/c1-23(2,3)24-20(26)15-25(4)21(27)16-29-22(28)19-13-9-8-12-18(19)14-17-10-6-5-7-11-17/h5-13H,14-16H2,1-4H3,(H,24,26). The van der Waals surface area contributed by atoms with Gasteiger partial charge in [0, 0.05) is 12.6 Å². The van der Waals surface area contributed by atoms with Gasteiger partial charge in [-0.3, -0.25) is 9.59 Å². The number of nitrogens with zero attached hydrogens (tertiary/aromatic N) is 1. The first-order valence-corrected chi connectivity index (χ1v) is 9.49. The number of esters is 1. The first-order chi connectivity index (χ1) is 13.7. The molecule has 0 unspecified atom stereocenters. The second-order valence-corrected chi connectivity index (χ2v) is 7.94. The van der Waals surface area contributed by atoms with E-state index in [-0.39, 0.29) is 18.0 Å². The fraction of sp³-hybridized carbons (Fsp3) is 0.348. The Balaban J connectivity index is 1.93. The Morgan fingerprint density at radius 3 is 2.24 bits per heavy atom. The van der Waals surface area contributed by atoms with Gasteiger partial charge in [0.05, 0.1) is 12.1 Å². The van der Waals surface area contributed by atoms with E-state index >= 15 is 0 Å². The number of benzene rings is 2. The predicted octanol–water partition coefficient (Wildman–Crippen LogP) is 2.81. The van der Waals surface area contributed by atoms with E-state index in [1.807, 2.05) is 63.2 Å². The fourth-order valence-corrected chi connectivity index (χ4v) is 2.77. The zero-order valence-corrected chi connectivity index (χ0v) is 17.4. The summed E-state index contributed by atoms with van der Waals surface area (Å²) in [6, 6.07) is 17.0. The minimum Gasteiger partial charge on any atom is -0.452 e. The largest absolute Gasteiger partial charge is 0.452 e. The van der Waals surface area contributed by atoms with Crippen molar-refractivity contribution in [2.75, 3.05) is 20.2 Å². The van der Waals surface area contributed by atoms with Crippen LogP contribution < -0.4 is 5.32 Å². The third kappa shape index (κ3) is 7.41. The van der Waals surface area contributed by atoms with Crippen molar-refractivity contribution >= 4 is 17.8 Å². The Morgan fingerprint density at radius 1 is 0.966 bits per heavy atom. The smallest absolute Gasteiger partial charge is 0.338 e. The second kappa shape index (κ2) is 9.87. The Bertz CT molecular complexity index is 857. The lowest BCUT2D eigenvalue weighted by Gasteiger charge is -2.23. The van der Waals surface area contributed by atoms with E-state index in [1.165, 1.54) is 11.9 Å². The molecule has 29 heavy (non-hydrogen) atoms. The monoisotopic (exact) mass is 396 g/mol. The number of carbonyl (C=O) groups is 3. The number of nitrogens with one attached hydrogen (secondary N) is 1. The van der Waals surface area contributed by atoms with E-state index in [0.717, 1.165) is 11.1 Å². The van der Waals surface area contributed by atoms with E-state index in [9.17, 15) is 14.4 Å². The molecule has 6 heteroatoms. The van der Waals surface area contributed by atoms with E-state index in [0.29, 0.717) is 12.0 Å². The average Bonchev–Trinajstić information content (AvgIpc) is 2.65. The van der Waals surface area contributed by atoms with Crippen LogP contribution in [0.15, 0.2) is 54.6 Å². The zero-order chi connectivity index (χ0) is 21.4. The molecule has 0 aliphatic carbocycles. The van der Waals surface area contributed by atoms with Gasteiger partial charge >= 0.3 is 5.97 Å². The topological polar surface area (TPSA) is 75.7 Å². The van der Waals surface area contributed by atoms with Crippen molar-refractivity contribution in [2.24, 2.45) is 0 Å². The summed E-state index contributed by atoms with van der Waals surface area (Å²) in [5.41, 5.74) is 1.95. The second-order valence-electron chi connectivity index (χ2n) is 7.94. The first-order valence-electron chi connectivity index (χ1n) is 9.49. The highest BCUT2D eigenvalue weighted by molar-refractivity contribution is 5.93. The highest BCUT2D eigenvalue weighted by atomic mass is 16.5. The fourth-order valence-electron chi connectivity index (χ4n) is 2.77. The normalized spacial score (nSPS) is 10.9. The Labute approximate surface area is 171 Å². The van der Waals surface area contributed by atoms with Crippen molar-refractivity contribution in [1.82, 2.24) is 10.2 Å². The van der Waals surface area contributed by atoms with Gasteiger partial charge < -0.3 is 15.0 Å². The van der Waals surface area contributed by atoms with Crippen LogP contribution in [0.25, 0.3) is 0 Å². The van der Waals surface area contributed by atoms with E-state index < -0.39 is 18.5 Å². The zero-order valence-electron chi connectivity index (χ0n) is 17.4. The molecule has 0 atom stereocenters. The molecular formula is C23H28N2O4. The molecule has 2 amide bonds. The van der Waals surface area contributed by atoms with Crippen LogP contribution in [0.4, 0.5) is 0 Å². The van der Waals surface area contributed by atoms with Crippen LogP contribution in [0.2, 0.25) is 0 Å². The molecule has 2 aromatic carbocycles. The molecule has 0 aliphatic heterocycles. The SMILES string of the molecule is CN(CC(=O)NC(C)(C)C)C(=O)COC(=O)c1ccccc1Cc1ccccc1. The van der Waals surface area contributed by atoms with Gasteiger partial charge in [-0.25, -0.2) is 4.79 Å². The first kappa shape index (κ1) is 22.1. The van der Waals surface area contributed by atoms with Crippen LogP contribution in [0, 0.1) is 0 Å². The number of hydrogen-bond donors (Lipinski definition) is 1. The van der Waals surface area contributed by atoms with E-state index in [1.54, 1.807) is 12.1 Å². The van der Waals surface area contributed by atoms with Crippen LogP contribution in [0.1, 0.15) is 42.3 Å². The third-order valence-electron chi connectivity index (χ3n) is 4.12. The molecule has 0 bridgehead atoms. The molecule has 2 rings (SSSR count). The van der Waals surface area contributed by atoms with Gasteiger partial charge in [0.15, 0.2) is 6.61 Å². The van der Waals surface area contributed by atoms with Gasteiger partial charge in [-0.15, -0.1) is 0 Å². The Morgan fingerprint density at radius 2 is 1.59 bits per heavy atom. The van der Waals surface area contributed by atoms with Gasteiger partial charge in [0.1, 0.15) is 0 Å². The summed E-state index contributed by atoms with van der Waals surface area (Å²) < 4.78 is 5.21. The number of hydrogen-bond acceptors (Lipinski definition) is 4. The van der Waals surface area contributed by atoms with Crippen LogP contribution in [-0.4, -0.2) is 48.4 Å². The molecule has 0 spiro atoms. The van der Waals surface area contributed by atoms with Crippen LogP contribution in [-0.2, 0) is 20.7 Å². The maximum atomic E-state index is 12.5. The number of ether oxygens (including phenoxy) is 1. The van der Waals surface area contributed by atoms with Crippen LogP contribution in [0.5, 0.6) is 0 Å². The van der Waals surface area contributed by atoms with Crippen LogP contribution >= 0.6 is 0 Å². The molecule has 1 N–H and O–H groups in total. The minimum absolute atomic E-state index is 0.0990. The quantitative estimate of drug-likeness (QED) is 0.730. The van der Waals surface area contributed by atoms with E-state index in [2.05, 4.69) is 5.32 Å². The van der Waals surface area contributed by atoms with Crippen molar-refractivity contribution in [3.63, 3.8) is 0 Å². The third-order valence-corrected chi connectivity index (χ3v) is 4.12. The van der Waals surface area contributed by atoms with Crippen LogP contribution in [0.3, 0.4) is 0 Å². The summed E-state index contributed by atoms with van der Waals surface area (Å²) in [5, 5.41) is 2.79. The number of amides is 2. The maximum absolute atomic E-state index is 12.5. The molecule has 0 saturated heterocycles. The van der Waals surface area contributed by atoms with Gasteiger partial charge in [0.2, 0.25) is 5.91 Å². The molecule has 0 saturated carbocycles. The molecular weight excluding hydrogens is 368 g/mol. The van der Waals surface area contributed by atoms with Crippen molar-refractivity contribution in [1.29, 1.82) is 0 Å². The molecule has 0 fully saturated rings. The molecule has 0 radical (unpaired) electrons. The number of rotatable bonds is 7. The van der Waals surface area contributed by atoms with Gasteiger partial charge in [-0.1, -0.05) is 48.5 Å². The molecule has 0 aliphatic rings. The Kier molecular flexibility index (Phi) is 7.53. The average molecular weight is 396 g/mol. The lowest BCUT2D eigenvalue weighted by Crippen LogP contribution is -2.46. The maximum Gasteiger partial charge on any atom is 0.338 e. The predicted molar refractivity (Wildman–Crippen MR) is 112 cm³/mol. The van der Waals surface area contributed by atoms with Crippen molar-refractivity contribution in [3.8, 4) is 0 Å². The van der Waals surface area contributed by atoms with Gasteiger partial charge in [-0.2, -0.15) is 0 Å². The highest BCUT2D eigenvalue weighted by Gasteiger charge is 2.20.